The molecule has 2 heterocycles. The van der Waals surface area contributed by atoms with E-state index >= 15 is 0 Å². The zero-order valence-corrected chi connectivity index (χ0v) is 9.09. The normalized spacial score (nSPS) is 25.1. The maximum absolute atomic E-state index is 11.8. The smallest absolute Gasteiger partial charge is 0.238 e. The van der Waals surface area contributed by atoms with Gasteiger partial charge in [0.1, 0.15) is 0 Å². The van der Waals surface area contributed by atoms with E-state index in [0.29, 0.717) is 13.0 Å². The maximum Gasteiger partial charge on any atom is 0.238 e. The molecule has 0 saturated carbocycles. The first-order chi connectivity index (χ1) is 7.26. The third-order valence-electron chi connectivity index (χ3n) is 3.31. The van der Waals surface area contributed by atoms with Gasteiger partial charge < -0.3 is 11.1 Å². The summed E-state index contributed by atoms with van der Waals surface area (Å²) in [6, 6.07) is 0. The number of hydrazine groups is 1. The van der Waals surface area contributed by atoms with Gasteiger partial charge in [-0.25, -0.2) is 5.43 Å². The summed E-state index contributed by atoms with van der Waals surface area (Å²) in [4.78, 5) is 11.8. The molecule has 0 atom stereocenters. The first kappa shape index (κ1) is 10.9. The van der Waals surface area contributed by atoms with Crippen molar-refractivity contribution in [2.24, 2.45) is 5.73 Å². The van der Waals surface area contributed by atoms with E-state index in [1.807, 2.05) is 0 Å². The Kier molecular flexibility index (Phi) is 3.23. The van der Waals surface area contributed by atoms with Gasteiger partial charge in [-0.1, -0.05) is 0 Å². The van der Waals surface area contributed by atoms with E-state index < -0.39 is 0 Å². The van der Waals surface area contributed by atoms with Crippen LogP contribution in [0.3, 0.4) is 0 Å². The van der Waals surface area contributed by atoms with E-state index in [1.165, 1.54) is 0 Å². The van der Waals surface area contributed by atoms with Gasteiger partial charge in [0.2, 0.25) is 5.91 Å². The Labute approximate surface area is 90.3 Å². The van der Waals surface area contributed by atoms with Crippen molar-refractivity contribution in [1.82, 2.24) is 15.8 Å². The van der Waals surface area contributed by atoms with E-state index in [0.717, 1.165) is 38.9 Å². The minimum absolute atomic E-state index is 0.0386. The van der Waals surface area contributed by atoms with E-state index in [4.69, 9.17) is 5.73 Å². The van der Waals surface area contributed by atoms with Crippen LogP contribution in [0.4, 0.5) is 0 Å². The quantitative estimate of drug-likeness (QED) is 0.572. The SMILES string of the molecule is NCCCN1NC2(CCNCC2)CC1=O. The first-order valence-corrected chi connectivity index (χ1v) is 5.75. The molecule has 86 valence electrons. The first-order valence-electron chi connectivity index (χ1n) is 5.75. The zero-order chi connectivity index (χ0) is 10.7. The second kappa shape index (κ2) is 4.47. The highest BCUT2D eigenvalue weighted by atomic mass is 16.2. The van der Waals surface area contributed by atoms with E-state index in [2.05, 4.69) is 10.7 Å². The molecule has 0 unspecified atom stereocenters. The second-order valence-electron chi connectivity index (χ2n) is 4.51. The summed E-state index contributed by atoms with van der Waals surface area (Å²) in [7, 11) is 0. The van der Waals surface area contributed by atoms with Crippen molar-refractivity contribution in [1.29, 1.82) is 0 Å². The average Bonchev–Trinajstić information content (AvgIpc) is 2.53. The van der Waals surface area contributed by atoms with Crippen LogP contribution in [0.2, 0.25) is 0 Å². The standard InChI is InChI=1S/C10H20N4O/c11-4-1-7-14-9(15)8-10(13-14)2-5-12-6-3-10/h12-13H,1-8,11H2. The lowest BCUT2D eigenvalue weighted by atomic mass is 9.87. The molecular formula is C10H20N4O. The Bertz CT molecular complexity index is 238. The number of hydrogen-bond acceptors (Lipinski definition) is 4. The molecule has 4 N–H and O–H groups in total. The lowest BCUT2D eigenvalue weighted by Crippen LogP contribution is -2.52. The molecule has 5 nitrogen and oxygen atoms in total. The van der Waals surface area contributed by atoms with Crippen molar-refractivity contribution in [3.05, 3.63) is 0 Å². The van der Waals surface area contributed by atoms with Gasteiger partial charge in [-0.3, -0.25) is 9.80 Å². The van der Waals surface area contributed by atoms with E-state index in [9.17, 15) is 4.79 Å². The lowest BCUT2D eigenvalue weighted by molar-refractivity contribution is -0.129. The molecule has 2 aliphatic rings. The Hall–Kier alpha value is -0.650. The fourth-order valence-electron chi connectivity index (χ4n) is 2.40. The summed E-state index contributed by atoms with van der Waals surface area (Å²) in [6.45, 7) is 3.39. The summed E-state index contributed by atoms with van der Waals surface area (Å²) < 4.78 is 0. The zero-order valence-electron chi connectivity index (χ0n) is 9.09. The van der Waals surface area contributed by atoms with Crippen LogP contribution in [0.15, 0.2) is 0 Å². The number of carbonyl (C=O) groups is 1. The molecular weight excluding hydrogens is 192 g/mol. The van der Waals surface area contributed by atoms with Crippen molar-refractivity contribution in [3.8, 4) is 0 Å². The van der Waals surface area contributed by atoms with Crippen LogP contribution < -0.4 is 16.5 Å². The number of nitrogens with two attached hydrogens (primary N) is 1. The van der Waals surface area contributed by atoms with Gasteiger partial charge in [-0.15, -0.1) is 0 Å². The van der Waals surface area contributed by atoms with Crippen molar-refractivity contribution in [2.75, 3.05) is 26.2 Å². The topological polar surface area (TPSA) is 70.4 Å². The van der Waals surface area contributed by atoms with Crippen LogP contribution in [0, 0.1) is 0 Å². The van der Waals surface area contributed by atoms with Gasteiger partial charge in [0.25, 0.3) is 0 Å². The van der Waals surface area contributed by atoms with Crippen molar-refractivity contribution < 1.29 is 4.79 Å². The molecule has 5 heteroatoms. The summed E-state index contributed by atoms with van der Waals surface area (Å²) in [5, 5.41) is 5.08. The Morgan fingerprint density at radius 1 is 1.40 bits per heavy atom. The molecule has 2 fully saturated rings. The van der Waals surface area contributed by atoms with Crippen LogP contribution in [-0.4, -0.2) is 42.6 Å². The summed E-state index contributed by atoms with van der Waals surface area (Å²) in [5.74, 6) is 0.227. The van der Waals surface area contributed by atoms with E-state index in [1.54, 1.807) is 5.01 Å². The molecule has 0 bridgehead atoms. The Morgan fingerprint density at radius 3 is 2.80 bits per heavy atom. The Balaban J connectivity index is 1.92. The van der Waals surface area contributed by atoms with Crippen molar-refractivity contribution in [2.45, 2.75) is 31.2 Å². The number of hydrogen-bond donors (Lipinski definition) is 3. The van der Waals surface area contributed by atoms with Gasteiger partial charge in [0, 0.05) is 18.5 Å². The largest absolute Gasteiger partial charge is 0.330 e. The molecule has 0 aromatic carbocycles. The molecule has 2 saturated heterocycles. The average molecular weight is 212 g/mol. The third-order valence-corrected chi connectivity index (χ3v) is 3.31. The van der Waals surface area contributed by atoms with E-state index in [-0.39, 0.29) is 11.4 Å². The fraction of sp³-hybridized carbons (Fsp3) is 0.900. The summed E-state index contributed by atoms with van der Waals surface area (Å²) in [5.41, 5.74) is 8.86. The number of nitrogens with one attached hydrogen (secondary N) is 2. The van der Waals surface area contributed by atoms with Gasteiger partial charge in [-0.2, -0.15) is 0 Å². The lowest BCUT2D eigenvalue weighted by Gasteiger charge is -2.33. The summed E-state index contributed by atoms with van der Waals surface area (Å²) in [6.07, 6.45) is 3.60. The van der Waals surface area contributed by atoms with Gasteiger partial charge in [0.15, 0.2) is 0 Å². The summed E-state index contributed by atoms with van der Waals surface area (Å²) >= 11 is 0. The van der Waals surface area contributed by atoms with Crippen LogP contribution in [-0.2, 0) is 4.79 Å². The molecule has 0 aromatic heterocycles. The molecule has 2 rings (SSSR count). The molecule has 1 spiro atoms. The van der Waals surface area contributed by atoms with Gasteiger partial charge in [-0.05, 0) is 38.9 Å². The number of piperidine rings is 1. The van der Waals surface area contributed by atoms with Gasteiger partial charge >= 0.3 is 0 Å². The van der Waals surface area contributed by atoms with Crippen molar-refractivity contribution >= 4 is 5.91 Å². The number of rotatable bonds is 3. The van der Waals surface area contributed by atoms with Crippen LogP contribution in [0.5, 0.6) is 0 Å². The maximum atomic E-state index is 11.8. The number of amides is 1. The Morgan fingerprint density at radius 2 is 2.13 bits per heavy atom. The highest BCUT2D eigenvalue weighted by Crippen LogP contribution is 2.28. The second-order valence-corrected chi connectivity index (χ2v) is 4.51. The third kappa shape index (κ3) is 2.30. The van der Waals surface area contributed by atoms with Crippen LogP contribution >= 0.6 is 0 Å². The minimum atomic E-state index is 0.0386. The monoisotopic (exact) mass is 212 g/mol. The molecule has 0 aromatic rings. The minimum Gasteiger partial charge on any atom is -0.330 e. The molecule has 15 heavy (non-hydrogen) atoms. The number of nitrogens with zero attached hydrogens (tertiary/aromatic N) is 1. The fourth-order valence-corrected chi connectivity index (χ4v) is 2.40. The highest BCUT2D eigenvalue weighted by Gasteiger charge is 2.42. The predicted molar refractivity (Wildman–Crippen MR) is 58.0 cm³/mol. The van der Waals surface area contributed by atoms with Crippen LogP contribution in [0.1, 0.15) is 25.7 Å². The number of carbonyl (C=O) groups excluding carboxylic acids is 1. The molecule has 0 radical (unpaired) electrons. The molecule has 1 amide bonds. The predicted octanol–water partition coefficient (Wildman–Crippen LogP) is -0.806. The van der Waals surface area contributed by atoms with Gasteiger partial charge in [0.05, 0.1) is 0 Å². The highest BCUT2D eigenvalue weighted by molar-refractivity contribution is 5.79. The molecule has 0 aliphatic carbocycles. The molecule has 2 aliphatic heterocycles. The van der Waals surface area contributed by atoms with Crippen LogP contribution in [0.25, 0.3) is 0 Å². The van der Waals surface area contributed by atoms with Crippen molar-refractivity contribution in [3.63, 3.8) is 0 Å².